The quantitative estimate of drug-likeness (QED) is 0.163. The molecule has 0 amide bonds. The molecule has 0 fully saturated rings. The van der Waals surface area contributed by atoms with Gasteiger partial charge in [0, 0.05) is 55.0 Å². The molecule has 2 aromatic heterocycles. The Labute approximate surface area is 348 Å². The third-order valence-electron chi connectivity index (χ3n) is 12.6. The number of aryl methyl sites for hydroxylation is 2. The van der Waals surface area contributed by atoms with Crippen LogP contribution in [0.1, 0.15) is 40.3 Å². The zero-order valence-electron chi connectivity index (χ0n) is 33.4. The van der Waals surface area contributed by atoms with E-state index in [4.69, 9.17) is 5.73 Å². The average Bonchev–Trinajstić information content (AvgIpc) is 3.82. The van der Waals surface area contributed by atoms with Crippen LogP contribution < -0.4 is 16.2 Å². The molecule has 0 aliphatic heterocycles. The van der Waals surface area contributed by atoms with Gasteiger partial charge in [-0.05, 0) is 119 Å². The Hall–Kier alpha value is -7.69. The Balaban J connectivity index is 1.15. The average molecular weight is 771 g/mol. The number of para-hydroxylation sites is 2. The molecule has 4 nitrogen and oxygen atoms in total. The van der Waals surface area contributed by atoms with Gasteiger partial charge < -0.3 is 14.9 Å². The van der Waals surface area contributed by atoms with Gasteiger partial charge >= 0.3 is 0 Å². The summed E-state index contributed by atoms with van der Waals surface area (Å²) in [6.07, 6.45) is 5.79. The molecule has 1 aliphatic carbocycles. The van der Waals surface area contributed by atoms with Gasteiger partial charge in [-0.25, -0.2) is 0 Å². The molecule has 1 aliphatic rings. The molecule has 286 valence electrons. The van der Waals surface area contributed by atoms with Gasteiger partial charge in [-0.3, -0.25) is 5.41 Å². The first-order chi connectivity index (χ1) is 29.5. The second kappa shape index (κ2) is 14.0. The van der Waals surface area contributed by atoms with E-state index in [0.29, 0.717) is 5.71 Å². The Kier molecular flexibility index (Phi) is 8.28. The Morgan fingerprint density at radius 1 is 0.583 bits per heavy atom. The molecule has 0 spiro atoms. The molecule has 8 aromatic carbocycles. The summed E-state index contributed by atoms with van der Waals surface area (Å²) < 4.78 is 4.85. The van der Waals surface area contributed by atoms with Crippen LogP contribution in [0.15, 0.2) is 176 Å². The molecule has 11 rings (SSSR count). The van der Waals surface area contributed by atoms with Crippen molar-refractivity contribution in [3.05, 3.63) is 220 Å². The number of nitrogens with one attached hydrogen (secondary N) is 1. The van der Waals surface area contributed by atoms with E-state index in [-0.39, 0.29) is 0 Å². The first kappa shape index (κ1) is 35.5. The highest BCUT2D eigenvalue weighted by atomic mass is 15.0. The molecule has 60 heavy (non-hydrogen) atoms. The predicted octanol–water partition coefficient (Wildman–Crippen LogP) is 11.6. The van der Waals surface area contributed by atoms with E-state index in [1.54, 1.807) is 0 Å². The SMILES string of the molecule is C=Cc1ccccc1C(=N)c1ccc2c(c1)c1ccc3c(c1n2-c1ccccc1)CCc1cc2c4cc(/C(N)=c5\cccc\c5=C\C)ccc4n(-c4ccccc4)c2cc1-3. The molecular weight excluding hydrogens is 729 g/mol. The predicted molar refractivity (Wildman–Crippen MR) is 253 cm³/mol. The lowest BCUT2D eigenvalue weighted by Crippen LogP contribution is -2.29. The Bertz CT molecular complexity index is 3530. The van der Waals surface area contributed by atoms with Gasteiger partial charge in [-0.2, -0.15) is 0 Å². The van der Waals surface area contributed by atoms with Crippen LogP contribution in [0.2, 0.25) is 0 Å². The molecular formula is C56H42N4. The van der Waals surface area contributed by atoms with Crippen LogP contribution in [0.4, 0.5) is 0 Å². The smallest absolute Gasteiger partial charge is 0.0690 e. The molecule has 0 bridgehead atoms. The number of hydrogen-bond donors (Lipinski definition) is 2. The normalized spacial score (nSPS) is 13.2. The monoisotopic (exact) mass is 770 g/mol. The van der Waals surface area contributed by atoms with Gasteiger partial charge in [0.25, 0.3) is 0 Å². The maximum Gasteiger partial charge on any atom is 0.0690 e. The highest BCUT2D eigenvalue weighted by Gasteiger charge is 2.26. The summed E-state index contributed by atoms with van der Waals surface area (Å²) in [6, 6.07) is 60.5. The summed E-state index contributed by atoms with van der Waals surface area (Å²) in [5.74, 6) is 0. The van der Waals surface area contributed by atoms with Crippen LogP contribution >= 0.6 is 0 Å². The number of fused-ring (bicyclic) bond motifs is 10. The summed E-state index contributed by atoms with van der Waals surface area (Å²) in [5, 5.41) is 16.3. The molecule has 0 saturated carbocycles. The van der Waals surface area contributed by atoms with Crippen molar-refractivity contribution in [2.24, 2.45) is 5.73 Å². The minimum atomic E-state index is 0.495. The molecule has 3 N–H and O–H groups in total. The lowest BCUT2D eigenvalue weighted by atomic mass is 9.83. The topological polar surface area (TPSA) is 59.7 Å². The van der Waals surface area contributed by atoms with E-state index < -0.39 is 0 Å². The van der Waals surface area contributed by atoms with Crippen molar-refractivity contribution in [1.29, 1.82) is 5.41 Å². The van der Waals surface area contributed by atoms with E-state index in [0.717, 1.165) is 79.0 Å². The summed E-state index contributed by atoms with van der Waals surface area (Å²) in [4.78, 5) is 0. The third kappa shape index (κ3) is 5.41. The van der Waals surface area contributed by atoms with Crippen molar-refractivity contribution in [3.8, 4) is 22.5 Å². The second-order valence-corrected chi connectivity index (χ2v) is 15.8. The summed E-state index contributed by atoms with van der Waals surface area (Å²) >= 11 is 0. The number of aromatic nitrogens is 2. The zero-order valence-corrected chi connectivity index (χ0v) is 33.4. The lowest BCUT2D eigenvalue weighted by Gasteiger charge is -2.23. The van der Waals surface area contributed by atoms with Gasteiger partial charge in [-0.15, -0.1) is 0 Å². The first-order valence-corrected chi connectivity index (χ1v) is 20.7. The summed E-state index contributed by atoms with van der Waals surface area (Å²) in [7, 11) is 0. The molecule has 0 saturated heterocycles. The van der Waals surface area contributed by atoms with Crippen LogP contribution in [0.3, 0.4) is 0 Å². The zero-order chi connectivity index (χ0) is 40.5. The van der Waals surface area contributed by atoms with E-state index in [1.807, 2.05) is 30.3 Å². The fraction of sp³-hybridized carbons (Fsp3) is 0.0536. The minimum absolute atomic E-state index is 0.495. The maximum atomic E-state index is 9.31. The second-order valence-electron chi connectivity index (χ2n) is 15.8. The van der Waals surface area contributed by atoms with Crippen molar-refractivity contribution in [1.82, 2.24) is 9.13 Å². The molecule has 2 heterocycles. The van der Waals surface area contributed by atoms with Gasteiger partial charge in [0.2, 0.25) is 0 Å². The van der Waals surface area contributed by atoms with E-state index in [2.05, 4.69) is 174 Å². The minimum Gasteiger partial charge on any atom is -0.398 e. The standard InChI is InChI=1S/C56H42N4/c1-3-35-15-11-13-21-42(35)54(57)38-25-30-52-48(32-38)46-28-27-44-45(56(46)60(52)41-19-9-6-10-20-41)26-23-37-31-50-49-33-39(55(58)43-22-14-12-16-36(43)4-2)24-29-51(49)59(53(50)34-47(37)44)40-17-7-5-8-18-40/h3-22,24-25,27-34,57H,1,23,26,58H2,2H3/b36-4-,55-43-,57-54?. The van der Waals surface area contributed by atoms with Gasteiger partial charge in [0.1, 0.15) is 0 Å². The van der Waals surface area contributed by atoms with Crippen LogP contribution in [0.25, 0.3) is 84.0 Å². The third-order valence-corrected chi connectivity index (χ3v) is 12.6. The highest BCUT2D eigenvalue weighted by Crippen LogP contribution is 2.45. The number of rotatable bonds is 6. The highest BCUT2D eigenvalue weighted by molar-refractivity contribution is 6.18. The number of hydrogen-bond acceptors (Lipinski definition) is 2. The van der Waals surface area contributed by atoms with Crippen LogP contribution in [0.5, 0.6) is 0 Å². The first-order valence-electron chi connectivity index (χ1n) is 20.7. The van der Waals surface area contributed by atoms with Crippen molar-refractivity contribution >= 4 is 67.2 Å². The van der Waals surface area contributed by atoms with E-state index >= 15 is 0 Å². The molecule has 10 aromatic rings. The van der Waals surface area contributed by atoms with Gasteiger partial charge in [0.15, 0.2) is 0 Å². The van der Waals surface area contributed by atoms with E-state index in [1.165, 1.54) is 49.4 Å². The summed E-state index contributed by atoms with van der Waals surface area (Å²) in [6.45, 7) is 6.08. The fourth-order valence-corrected chi connectivity index (χ4v) is 9.74. The number of benzene rings is 8. The van der Waals surface area contributed by atoms with Crippen LogP contribution in [0, 0.1) is 5.41 Å². The van der Waals surface area contributed by atoms with Gasteiger partial charge in [0.05, 0.1) is 27.8 Å². The lowest BCUT2D eigenvalue weighted by molar-refractivity contribution is 0.944. The van der Waals surface area contributed by atoms with Gasteiger partial charge in [-0.1, -0.05) is 128 Å². The molecule has 0 radical (unpaired) electrons. The van der Waals surface area contributed by atoms with Crippen LogP contribution in [-0.2, 0) is 12.8 Å². The Morgan fingerprint density at radius 2 is 1.22 bits per heavy atom. The van der Waals surface area contributed by atoms with Crippen molar-refractivity contribution < 1.29 is 0 Å². The van der Waals surface area contributed by atoms with E-state index in [9.17, 15) is 5.41 Å². The maximum absolute atomic E-state index is 9.31. The molecule has 0 unspecified atom stereocenters. The number of nitrogens with zero attached hydrogens (tertiary/aromatic N) is 2. The van der Waals surface area contributed by atoms with Crippen molar-refractivity contribution in [2.45, 2.75) is 19.8 Å². The largest absolute Gasteiger partial charge is 0.398 e. The van der Waals surface area contributed by atoms with Crippen molar-refractivity contribution in [3.63, 3.8) is 0 Å². The van der Waals surface area contributed by atoms with Crippen molar-refractivity contribution in [2.75, 3.05) is 0 Å². The fourth-order valence-electron chi connectivity index (χ4n) is 9.74. The summed E-state index contributed by atoms with van der Waals surface area (Å²) in [5.41, 5.74) is 24.2. The molecule has 4 heteroatoms. The molecule has 0 atom stereocenters. The number of nitrogens with two attached hydrogens (primary N) is 1. The Morgan fingerprint density at radius 3 is 1.98 bits per heavy atom. The van der Waals surface area contributed by atoms with Crippen LogP contribution in [-0.4, -0.2) is 14.8 Å².